The predicted octanol–water partition coefficient (Wildman–Crippen LogP) is 1.99. The Hall–Kier alpha value is -2.08. The maximum absolute atomic E-state index is 12.3. The number of carbonyl (C=O) groups excluding carboxylic acids is 2. The van der Waals surface area contributed by atoms with E-state index in [2.05, 4.69) is 13.8 Å². The van der Waals surface area contributed by atoms with Crippen molar-refractivity contribution in [1.29, 1.82) is 0 Å². The molecule has 6 nitrogen and oxygen atoms in total. The molecule has 2 fully saturated rings. The number of aliphatic hydroxyl groups is 1. The van der Waals surface area contributed by atoms with Crippen LogP contribution in [0.2, 0.25) is 0 Å². The molecule has 0 bridgehead atoms. The summed E-state index contributed by atoms with van der Waals surface area (Å²) in [5.41, 5.74) is 1.81. The highest BCUT2D eigenvalue weighted by Gasteiger charge is 2.56. The van der Waals surface area contributed by atoms with Crippen molar-refractivity contribution in [3.63, 3.8) is 0 Å². The van der Waals surface area contributed by atoms with Gasteiger partial charge in [0.15, 0.2) is 0 Å². The van der Waals surface area contributed by atoms with Crippen LogP contribution in [0.15, 0.2) is 35.1 Å². The van der Waals surface area contributed by atoms with Gasteiger partial charge in [-0.1, -0.05) is 19.9 Å². The second kappa shape index (κ2) is 5.46. The van der Waals surface area contributed by atoms with Crippen LogP contribution < -0.4 is 0 Å². The standard InChI is InChI=1S/C19H22O6/c1-9-6-14(24-17(9)21)23-8-12-10-7-11-13(20)4-5-19(2,3)15(11)16(10)25-18(12)22/h6-8,10,13-16,20H,4-5H2,1-3H3/b12-8+/t10-,13-,14-,15+,16+/m1/s1. The Kier molecular flexibility index (Phi) is 3.58. The Morgan fingerprint density at radius 2 is 2.00 bits per heavy atom. The van der Waals surface area contributed by atoms with Crippen molar-refractivity contribution in [2.75, 3.05) is 0 Å². The number of carbonyl (C=O) groups is 2. The van der Waals surface area contributed by atoms with Gasteiger partial charge < -0.3 is 19.3 Å². The molecular formula is C19H22O6. The molecule has 2 aliphatic heterocycles. The van der Waals surface area contributed by atoms with Gasteiger partial charge in [-0.25, -0.2) is 9.59 Å². The normalized spacial score (nSPS) is 40.2. The minimum absolute atomic E-state index is 0.0162. The third-order valence-corrected chi connectivity index (χ3v) is 5.80. The van der Waals surface area contributed by atoms with Crippen LogP contribution in [0, 0.1) is 17.3 Å². The van der Waals surface area contributed by atoms with Crippen LogP contribution in [0.4, 0.5) is 0 Å². The van der Waals surface area contributed by atoms with Gasteiger partial charge in [0.2, 0.25) is 0 Å². The van der Waals surface area contributed by atoms with Gasteiger partial charge in [-0.15, -0.1) is 0 Å². The first-order valence-electron chi connectivity index (χ1n) is 8.63. The second-order valence-corrected chi connectivity index (χ2v) is 7.92. The predicted molar refractivity (Wildman–Crippen MR) is 86.8 cm³/mol. The molecule has 0 aromatic rings. The third-order valence-electron chi connectivity index (χ3n) is 5.80. The summed E-state index contributed by atoms with van der Waals surface area (Å²) in [6, 6.07) is 0. The lowest BCUT2D eigenvalue weighted by Crippen LogP contribution is -2.41. The molecule has 0 spiro atoms. The van der Waals surface area contributed by atoms with Crippen LogP contribution in [-0.2, 0) is 23.8 Å². The summed E-state index contributed by atoms with van der Waals surface area (Å²) < 4.78 is 16.1. The van der Waals surface area contributed by atoms with Gasteiger partial charge in [-0.3, -0.25) is 0 Å². The highest BCUT2D eigenvalue weighted by atomic mass is 16.7. The monoisotopic (exact) mass is 346 g/mol. The van der Waals surface area contributed by atoms with E-state index >= 15 is 0 Å². The zero-order valence-electron chi connectivity index (χ0n) is 14.5. The van der Waals surface area contributed by atoms with E-state index in [0.29, 0.717) is 11.1 Å². The molecule has 1 saturated carbocycles. The number of rotatable bonds is 2. The van der Waals surface area contributed by atoms with Crippen LogP contribution in [0.3, 0.4) is 0 Å². The number of esters is 2. The van der Waals surface area contributed by atoms with Gasteiger partial charge in [-0.05, 0) is 30.8 Å². The van der Waals surface area contributed by atoms with E-state index in [1.165, 1.54) is 6.26 Å². The number of hydrogen-bond acceptors (Lipinski definition) is 6. The highest BCUT2D eigenvalue weighted by molar-refractivity contribution is 5.92. The van der Waals surface area contributed by atoms with Gasteiger partial charge in [0.1, 0.15) is 6.10 Å². The Labute approximate surface area is 146 Å². The SMILES string of the molecule is CC1=C[C@H](O/C=C2/C(=O)O[C@H]3[C@@H]2C=C2[C@H](O)CCC(C)(C)[C@@H]23)OC1=O. The molecule has 0 aromatic carbocycles. The number of fused-ring (bicyclic) bond motifs is 3. The Bertz CT molecular complexity index is 728. The van der Waals surface area contributed by atoms with E-state index < -0.39 is 24.3 Å². The van der Waals surface area contributed by atoms with Gasteiger partial charge in [0, 0.05) is 17.6 Å². The summed E-state index contributed by atoms with van der Waals surface area (Å²) in [6.45, 7) is 5.95. The Morgan fingerprint density at radius 3 is 2.68 bits per heavy atom. The fourth-order valence-electron chi connectivity index (χ4n) is 4.42. The van der Waals surface area contributed by atoms with Crippen molar-refractivity contribution in [3.8, 4) is 0 Å². The van der Waals surface area contributed by atoms with Crippen molar-refractivity contribution in [3.05, 3.63) is 35.1 Å². The largest absolute Gasteiger partial charge is 0.458 e. The molecule has 5 atom stereocenters. The van der Waals surface area contributed by atoms with E-state index in [1.807, 2.05) is 6.08 Å². The van der Waals surface area contributed by atoms with Gasteiger partial charge >= 0.3 is 11.9 Å². The van der Waals surface area contributed by atoms with E-state index in [9.17, 15) is 14.7 Å². The molecule has 4 aliphatic rings. The van der Waals surface area contributed by atoms with E-state index in [4.69, 9.17) is 14.2 Å². The van der Waals surface area contributed by atoms with Crippen molar-refractivity contribution < 1.29 is 28.9 Å². The molecule has 25 heavy (non-hydrogen) atoms. The van der Waals surface area contributed by atoms with Crippen molar-refractivity contribution in [2.45, 2.75) is 52.1 Å². The smallest absolute Gasteiger partial charge is 0.338 e. The molecular weight excluding hydrogens is 324 g/mol. The fraction of sp³-hybridized carbons (Fsp3) is 0.579. The molecule has 0 radical (unpaired) electrons. The molecule has 1 saturated heterocycles. The molecule has 2 aliphatic carbocycles. The zero-order valence-corrected chi connectivity index (χ0v) is 14.5. The summed E-state index contributed by atoms with van der Waals surface area (Å²) in [5, 5.41) is 10.4. The lowest BCUT2D eigenvalue weighted by atomic mass is 9.65. The first kappa shape index (κ1) is 16.4. The molecule has 0 amide bonds. The van der Waals surface area contributed by atoms with Crippen molar-refractivity contribution in [1.82, 2.24) is 0 Å². The summed E-state index contributed by atoms with van der Waals surface area (Å²) in [4.78, 5) is 23.7. The quantitative estimate of drug-likeness (QED) is 0.356. The molecule has 1 N–H and O–H groups in total. The molecule has 0 aromatic heterocycles. The lowest BCUT2D eigenvalue weighted by molar-refractivity contribution is -0.152. The molecule has 6 heteroatoms. The van der Waals surface area contributed by atoms with Crippen LogP contribution >= 0.6 is 0 Å². The van der Waals surface area contributed by atoms with E-state index in [0.717, 1.165) is 18.4 Å². The average molecular weight is 346 g/mol. The highest BCUT2D eigenvalue weighted by Crippen LogP contribution is 2.55. The van der Waals surface area contributed by atoms with E-state index in [-0.39, 0.29) is 23.4 Å². The maximum Gasteiger partial charge on any atom is 0.338 e. The Balaban J connectivity index is 1.59. The van der Waals surface area contributed by atoms with Crippen molar-refractivity contribution >= 4 is 11.9 Å². The molecule has 4 rings (SSSR count). The number of hydrogen-bond donors (Lipinski definition) is 1. The minimum Gasteiger partial charge on any atom is -0.458 e. The van der Waals surface area contributed by atoms with Crippen LogP contribution in [0.1, 0.15) is 33.6 Å². The number of ether oxygens (including phenoxy) is 3. The zero-order chi connectivity index (χ0) is 17.9. The number of cyclic esters (lactones) is 1. The topological polar surface area (TPSA) is 82.1 Å². The maximum atomic E-state index is 12.3. The second-order valence-electron chi connectivity index (χ2n) is 7.92. The summed E-state index contributed by atoms with van der Waals surface area (Å²) in [7, 11) is 0. The first-order valence-corrected chi connectivity index (χ1v) is 8.63. The fourth-order valence-corrected chi connectivity index (χ4v) is 4.42. The summed E-state index contributed by atoms with van der Waals surface area (Å²) in [5.74, 6) is -1.05. The van der Waals surface area contributed by atoms with Gasteiger partial charge in [0.25, 0.3) is 6.29 Å². The summed E-state index contributed by atoms with van der Waals surface area (Å²) >= 11 is 0. The molecule has 134 valence electrons. The first-order chi connectivity index (χ1) is 11.8. The van der Waals surface area contributed by atoms with Crippen LogP contribution in [-0.4, -0.2) is 35.5 Å². The van der Waals surface area contributed by atoms with E-state index in [1.54, 1.807) is 13.0 Å². The Morgan fingerprint density at radius 1 is 1.24 bits per heavy atom. The van der Waals surface area contributed by atoms with Crippen LogP contribution in [0.5, 0.6) is 0 Å². The molecule has 2 heterocycles. The van der Waals surface area contributed by atoms with Crippen molar-refractivity contribution in [2.24, 2.45) is 17.3 Å². The van der Waals surface area contributed by atoms with Gasteiger partial charge in [-0.2, -0.15) is 0 Å². The average Bonchev–Trinajstić information content (AvgIpc) is 3.15. The lowest BCUT2D eigenvalue weighted by Gasteiger charge is -2.42. The summed E-state index contributed by atoms with van der Waals surface area (Å²) in [6.07, 6.45) is 4.88. The number of aliphatic hydroxyl groups excluding tert-OH is 1. The van der Waals surface area contributed by atoms with Gasteiger partial charge in [0.05, 0.1) is 23.9 Å². The minimum atomic E-state index is -0.815. The molecule has 0 unspecified atom stereocenters. The third kappa shape index (κ3) is 2.51. The van der Waals surface area contributed by atoms with Crippen LogP contribution in [0.25, 0.3) is 0 Å².